The van der Waals surface area contributed by atoms with Gasteiger partial charge in [0.25, 0.3) is 0 Å². The second-order valence-corrected chi connectivity index (χ2v) is 7.17. The van der Waals surface area contributed by atoms with Crippen LogP contribution in [0.15, 0.2) is 57.7 Å². The molecule has 0 amide bonds. The van der Waals surface area contributed by atoms with Gasteiger partial charge < -0.3 is 9.26 Å². The van der Waals surface area contributed by atoms with Gasteiger partial charge >= 0.3 is 5.97 Å². The molecule has 0 aliphatic carbocycles. The molecule has 1 aromatic heterocycles. The number of benzene rings is 2. The zero-order valence-corrected chi connectivity index (χ0v) is 16.6. The van der Waals surface area contributed by atoms with Crippen LogP contribution < -0.4 is 0 Å². The molecule has 8 heteroatoms. The van der Waals surface area contributed by atoms with E-state index in [2.05, 4.69) is 10.1 Å². The Labute approximate surface area is 175 Å². The maximum Gasteiger partial charge on any atom is 0.363 e. The summed E-state index contributed by atoms with van der Waals surface area (Å²) in [6, 6.07) is 12.2. The molecule has 0 radical (unpaired) electrons. The van der Waals surface area contributed by atoms with Crippen molar-refractivity contribution in [1.82, 2.24) is 5.16 Å². The predicted octanol–water partition coefficient (Wildman–Crippen LogP) is 5.95. The molecule has 0 fully saturated rings. The van der Waals surface area contributed by atoms with Gasteiger partial charge in [-0.25, -0.2) is 9.79 Å². The lowest BCUT2D eigenvalue weighted by Crippen LogP contribution is -2.07. The highest BCUT2D eigenvalue weighted by Gasteiger charge is 2.30. The summed E-state index contributed by atoms with van der Waals surface area (Å²) < 4.78 is 10.7. The topological polar surface area (TPSA) is 64.7 Å². The molecule has 1 aliphatic rings. The van der Waals surface area contributed by atoms with Crippen molar-refractivity contribution >= 4 is 52.7 Å². The van der Waals surface area contributed by atoms with Crippen molar-refractivity contribution in [3.05, 3.63) is 80.1 Å². The van der Waals surface area contributed by atoms with Crippen molar-refractivity contribution in [3.8, 4) is 11.3 Å². The highest BCUT2D eigenvalue weighted by Crippen LogP contribution is 2.33. The van der Waals surface area contributed by atoms with Gasteiger partial charge in [0.1, 0.15) is 17.0 Å². The molecule has 0 saturated carbocycles. The lowest BCUT2D eigenvalue weighted by molar-refractivity contribution is -0.129. The lowest BCUT2D eigenvalue weighted by atomic mass is 10.1. The number of aliphatic imine (C=N–C) groups is 1. The number of esters is 1. The first-order valence-electron chi connectivity index (χ1n) is 8.13. The number of aryl methyl sites for hydroxylation is 1. The number of carbonyl (C=O) groups excluding carboxylic acids is 1. The maximum atomic E-state index is 12.3. The monoisotopic (exact) mass is 432 g/mol. The van der Waals surface area contributed by atoms with Crippen molar-refractivity contribution in [2.24, 2.45) is 4.99 Å². The van der Waals surface area contributed by atoms with E-state index in [1.165, 1.54) is 0 Å². The van der Waals surface area contributed by atoms with Crippen LogP contribution in [-0.2, 0) is 9.53 Å². The Balaban J connectivity index is 1.77. The fourth-order valence-electron chi connectivity index (χ4n) is 2.74. The minimum absolute atomic E-state index is 0.102. The normalized spacial score (nSPS) is 15.1. The molecule has 3 aromatic rings. The average Bonchev–Trinajstić information content (AvgIpc) is 3.21. The van der Waals surface area contributed by atoms with Gasteiger partial charge in [0.2, 0.25) is 5.90 Å². The average molecular weight is 434 g/mol. The zero-order chi connectivity index (χ0) is 19.8. The maximum absolute atomic E-state index is 12.3. The van der Waals surface area contributed by atoms with Crippen LogP contribution in [-0.4, -0.2) is 17.0 Å². The molecule has 140 valence electrons. The Morgan fingerprint density at radius 3 is 2.54 bits per heavy atom. The highest BCUT2D eigenvalue weighted by molar-refractivity contribution is 6.42. The van der Waals surface area contributed by atoms with Crippen molar-refractivity contribution < 1.29 is 14.1 Å². The van der Waals surface area contributed by atoms with Crippen LogP contribution >= 0.6 is 34.8 Å². The summed E-state index contributed by atoms with van der Waals surface area (Å²) in [5, 5.41) is 5.36. The molecule has 0 bridgehead atoms. The lowest BCUT2D eigenvalue weighted by Gasteiger charge is -2.03. The van der Waals surface area contributed by atoms with E-state index < -0.39 is 5.97 Å². The first-order valence-corrected chi connectivity index (χ1v) is 9.26. The van der Waals surface area contributed by atoms with Crippen molar-refractivity contribution in [1.29, 1.82) is 0 Å². The van der Waals surface area contributed by atoms with Crippen molar-refractivity contribution in [3.63, 3.8) is 0 Å². The molecular formula is C20H11Cl3N2O3. The third kappa shape index (κ3) is 3.44. The van der Waals surface area contributed by atoms with Gasteiger partial charge in [-0.1, -0.05) is 64.2 Å². The summed E-state index contributed by atoms with van der Waals surface area (Å²) in [5.74, 6) is -0.0333. The second-order valence-electron chi connectivity index (χ2n) is 5.95. The molecule has 28 heavy (non-hydrogen) atoms. The molecule has 0 spiro atoms. The van der Waals surface area contributed by atoms with E-state index in [0.717, 1.165) is 0 Å². The summed E-state index contributed by atoms with van der Waals surface area (Å²) in [4.78, 5) is 16.6. The first kappa shape index (κ1) is 18.7. The summed E-state index contributed by atoms with van der Waals surface area (Å²) in [5.41, 5.74) is 2.36. The number of hydrogen-bond donors (Lipinski definition) is 0. The number of carbonyl (C=O) groups is 1. The number of hydrogen-bond acceptors (Lipinski definition) is 5. The Morgan fingerprint density at radius 1 is 1.00 bits per heavy atom. The second kappa shape index (κ2) is 7.43. The van der Waals surface area contributed by atoms with Crippen LogP contribution in [0.25, 0.3) is 17.3 Å². The van der Waals surface area contributed by atoms with E-state index in [1.807, 2.05) is 12.1 Å². The molecule has 5 nitrogen and oxygen atoms in total. The first-order chi connectivity index (χ1) is 13.4. The fraction of sp³-hybridized carbons (Fsp3) is 0.0500. The zero-order valence-electron chi connectivity index (χ0n) is 14.4. The molecule has 0 saturated heterocycles. The predicted molar refractivity (Wildman–Crippen MR) is 109 cm³/mol. The Bertz CT molecular complexity index is 1170. The number of aromatic nitrogens is 1. The SMILES string of the molecule is Cc1onc(-c2ccccc2Cl)c1C1=N/C(=C\c2ccc(Cl)c(Cl)c2)C(=O)O1. The standard InChI is InChI=1S/C20H11Cl3N2O3/c1-10-17(18(25-28-10)12-4-2-3-5-13(12)21)19-24-16(20(26)27-19)9-11-6-7-14(22)15(23)8-11/h2-9H,1H3/b16-9-. The van der Waals surface area contributed by atoms with Gasteiger partial charge in [0.05, 0.1) is 15.1 Å². The minimum Gasteiger partial charge on any atom is -0.402 e. The molecule has 0 atom stereocenters. The summed E-state index contributed by atoms with van der Waals surface area (Å²) in [6.45, 7) is 1.71. The van der Waals surface area contributed by atoms with Crippen LogP contribution in [0.3, 0.4) is 0 Å². The van der Waals surface area contributed by atoms with Crippen LogP contribution in [0, 0.1) is 6.92 Å². The molecule has 0 unspecified atom stereocenters. The number of ether oxygens (including phenoxy) is 1. The molecule has 2 heterocycles. The Hall–Kier alpha value is -2.60. The smallest absolute Gasteiger partial charge is 0.363 e. The Morgan fingerprint density at radius 2 is 1.79 bits per heavy atom. The van der Waals surface area contributed by atoms with Gasteiger partial charge in [-0.15, -0.1) is 0 Å². The van der Waals surface area contributed by atoms with Crippen LogP contribution in [0.4, 0.5) is 0 Å². The molecular weight excluding hydrogens is 423 g/mol. The number of halogens is 3. The third-order valence-corrected chi connectivity index (χ3v) is 5.14. The largest absolute Gasteiger partial charge is 0.402 e. The number of nitrogens with zero attached hydrogens (tertiary/aromatic N) is 2. The summed E-state index contributed by atoms with van der Waals surface area (Å²) in [7, 11) is 0. The van der Waals surface area contributed by atoms with E-state index >= 15 is 0 Å². The van der Waals surface area contributed by atoms with Gasteiger partial charge in [-0.2, -0.15) is 0 Å². The Kier molecular flexibility index (Phi) is 4.98. The van der Waals surface area contributed by atoms with Gasteiger partial charge in [0.15, 0.2) is 5.70 Å². The van der Waals surface area contributed by atoms with Gasteiger partial charge in [-0.05, 0) is 36.8 Å². The van der Waals surface area contributed by atoms with E-state index in [0.29, 0.717) is 43.2 Å². The van der Waals surface area contributed by atoms with E-state index in [-0.39, 0.29) is 11.6 Å². The molecule has 1 aliphatic heterocycles. The van der Waals surface area contributed by atoms with E-state index in [9.17, 15) is 4.79 Å². The van der Waals surface area contributed by atoms with Crippen molar-refractivity contribution in [2.45, 2.75) is 6.92 Å². The van der Waals surface area contributed by atoms with Crippen LogP contribution in [0.5, 0.6) is 0 Å². The van der Waals surface area contributed by atoms with E-state index in [4.69, 9.17) is 44.1 Å². The molecule has 4 rings (SSSR count). The summed E-state index contributed by atoms with van der Waals surface area (Å²) in [6.07, 6.45) is 1.57. The fourth-order valence-corrected chi connectivity index (χ4v) is 3.27. The van der Waals surface area contributed by atoms with Crippen molar-refractivity contribution in [2.75, 3.05) is 0 Å². The number of cyclic esters (lactones) is 1. The van der Waals surface area contributed by atoms with Gasteiger partial charge in [-0.3, -0.25) is 0 Å². The highest BCUT2D eigenvalue weighted by atomic mass is 35.5. The van der Waals surface area contributed by atoms with Crippen LogP contribution in [0.1, 0.15) is 16.9 Å². The summed E-state index contributed by atoms with van der Waals surface area (Å²) >= 11 is 18.2. The quantitative estimate of drug-likeness (QED) is 0.378. The third-order valence-electron chi connectivity index (χ3n) is 4.07. The van der Waals surface area contributed by atoms with Gasteiger partial charge in [0, 0.05) is 5.56 Å². The van der Waals surface area contributed by atoms with Crippen LogP contribution in [0.2, 0.25) is 15.1 Å². The minimum atomic E-state index is -0.591. The number of rotatable bonds is 3. The molecule has 0 N–H and O–H groups in total. The molecule has 2 aromatic carbocycles. The van der Waals surface area contributed by atoms with E-state index in [1.54, 1.807) is 43.3 Å².